The summed E-state index contributed by atoms with van der Waals surface area (Å²) in [5, 5.41) is 8.68. The second kappa shape index (κ2) is 6.05. The highest BCUT2D eigenvalue weighted by Crippen LogP contribution is 2.26. The first-order valence-corrected chi connectivity index (χ1v) is 7.04. The smallest absolute Gasteiger partial charge is 0.222 e. The van der Waals surface area contributed by atoms with Crippen LogP contribution < -0.4 is 9.64 Å². The lowest BCUT2D eigenvalue weighted by molar-refractivity contribution is 0.312. The summed E-state index contributed by atoms with van der Waals surface area (Å²) >= 11 is 0. The number of ether oxygens (including phenoxy) is 1. The van der Waals surface area contributed by atoms with Crippen LogP contribution in [0.25, 0.3) is 11.3 Å². The van der Waals surface area contributed by atoms with Crippen molar-refractivity contribution >= 4 is 5.82 Å². The van der Waals surface area contributed by atoms with Crippen LogP contribution in [0, 0.1) is 0 Å². The molecule has 21 heavy (non-hydrogen) atoms. The van der Waals surface area contributed by atoms with Gasteiger partial charge in [0.15, 0.2) is 5.82 Å². The zero-order chi connectivity index (χ0) is 14.7. The van der Waals surface area contributed by atoms with Crippen LogP contribution >= 0.6 is 0 Å². The van der Waals surface area contributed by atoms with Crippen molar-refractivity contribution in [2.24, 2.45) is 0 Å². The van der Waals surface area contributed by atoms with Gasteiger partial charge in [0.05, 0.1) is 18.4 Å². The zero-order valence-corrected chi connectivity index (χ0v) is 12.4. The predicted octanol–water partition coefficient (Wildman–Crippen LogP) is 1.30. The number of anilines is 1. The molecule has 0 amide bonds. The highest BCUT2D eigenvalue weighted by molar-refractivity contribution is 5.65. The fraction of sp³-hybridized carbons (Fsp3) is 0.400. The molecule has 0 aliphatic carbocycles. The third kappa shape index (κ3) is 2.95. The predicted molar refractivity (Wildman–Crippen MR) is 81.5 cm³/mol. The third-order valence-corrected chi connectivity index (χ3v) is 3.72. The number of aromatic nitrogens is 3. The van der Waals surface area contributed by atoms with Crippen LogP contribution in [-0.2, 0) is 0 Å². The van der Waals surface area contributed by atoms with Gasteiger partial charge in [-0.15, -0.1) is 10.2 Å². The number of hydrogen-bond donors (Lipinski definition) is 0. The zero-order valence-electron chi connectivity index (χ0n) is 12.4. The van der Waals surface area contributed by atoms with Crippen LogP contribution in [-0.4, -0.2) is 60.4 Å². The molecular formula is C15H19N5O. The van der Waals surface area contributed by atoms with Crippen LogP contribution in [0.3, 0.4) is 0 Å². The van der Waals surface area contributed by atoms with E-state index in [9.17, 15) is 0 Å². The maximum atomic E-state index is 5.26. The van der Waals surface area contributed by atoms with Crippen LogP contribution in [0.1, 0.15) is 0 Å². The van der Waals surface area contributed by atoms with Crippen molar-refractivity contribution in [3.05, 3.63) is 30.5 Å². The van der Waals surface area contributed by atoms with Crippen LogP contribution in [0.4, 0.5) is 5.82 Å². The second-order valence-corrected chi connectivity index (χ2v) is 5.13. The van der Waals surface area contributed by atoms with Gasteiger partial charge in [0.2, 0.25) is 5.88 Å². The van der Waals surface area contributed by atoms with Crippen molar-refractivity contribution in [3.8, 4) is 17.1 Å². The summed E-state index contributed by atoms with van der Waals surface area (Å²) < 4.78 is 5.26. The Labute approximate surface area is 124 Å². The van der Waals surface area contributed by atoms with Crippen LogP contribution in [0.15, 0.2) is 30.5 Å². The molecule has 0 bridgehead atoms. The summed E-state index contributed by atoms with van der Waals surface area (Å²) in [6, 6.07) is 7.79. The molecular weight excluding hydrogens is 266 g/mol. The Bertz CT molecular complexity index is 593. The lowest BCUT2D eigenvalue weighted by Gasteiger charge is -2.32. The summed E-state index contributed by atoms with van der Waals surface area (Å²) in [5.41, 5.74) is 1.63. The van der Waals surface area contributed by atoms with Gasteiger partial charge in [0.25, 0.3) is 0 Å². The number of hydrogen-bond acceptors (Lipinski definition) is 6. The largest absolute Gasteiger partial charge is 0.481 e. The average Bonchev–Trinajstić information content (AvgIpc) is 2.56. The normalized spacial score (nSPS) is 16.0. The molecule has 6 heteroatoms. The molecule has 1 fully saturated rings. The Morgan fingerprint density at radius 1 is 1.05 bits per heavy atom. The van der Waals surface area contributed by atoms with Gasteiger partial charge in [-0.1, -0.05) is 0 Å². The summed E-state index contributed by atoms with van der Waals surface area (Å²) in [6.07, 6.45) is 1.70. The molecule has 1 aliphatic rings. The van der Waals surface area contributed by atoms with E-state index in [1.54, 1.807) is 13.3 Å². The number of piperazine rings is 1. The Kier molecular flexibility index (Phi) is 3.96. The monoisotopic (exact) mass is 285 g/mol. The minimum Gasteiger partial charge on any atom is -0.481 e. The van der Waals surface area contributed by atoms with Crippen molar-refractivity contribution in [1.29, 1.82) is 0 Å². The van der Waals surface area contributed by atoms with E-state index in [-0.39, 0.29) is 0 Å². The molecule has 6 nitrogen and oxygen atoms in total. The maximum absolute atomic E-state index is 5.26. The Morgan fingerprint density at radius 3 is 2.52 bits per heavy atom. The van der Waals surface area contributed by atoms with Gasteiger partial charge in [-0.25, -0.2) is 4.98 Å². The fourth-order valence-corrected chi connectivity index (χ4v) is 2.42. The summed E-state index contributed by atoms with van der Waals surface area (Å²) in [5.74, 6) is 1.49. The lowest BCUT2D eigenvalue weighted by atomic mass is 10.2. The molecule has 3 heterocycles. The number of likely N-dealkylation sites (N-methyl/N-ethyl adjacent to an activating group) is 1. The standard InChI is InChI=1S/C15H19N5O/c1-19-8-10-20(11-9-19)14-6-5-13(17-18-14)12-4-3-7-16-15(12)21-2/h3-7H,8-11H2,1-2H3. The van der Waals surface area contributed by atoms with E-state index in [1.165, 1.54) is 0 Å². The molecule has 1 saturated heterocycles. The van der Waals surface area contributed by atoms with Gasteiger partial charge >= 0.3 is 0 Å². The maximum Gasteiger partial charge on any atom is 0.222 e. The molecule has 0 N–H and O–H groups in total. The first-order valence-electron chi connectivity index (χ1n) is 7.04. The van der Waals surface area contributed by atoms with Crippen molar-refractivity contribution in [2.75, 3.05) is 45.2 Å². The molecule has 0 aromatic carbocycles. The second-order valence-electron chi connectivity index (χ2n) is 5.13. The highest BCUT2D eigenvalue weighted by atomic mass is 16.5. The average molecular weight is 285 g/mol. The summed E-state index contributed by atoms with van der Waals surface area (Å²) in [6.45, 7) is 4.08. The molecule has 0 atom stereocenters. The molecule has 0 spiro atoms. The topological polar surface area (TPSA) is 54.4 Å². The minimum atomic E-state index is 0.569. The van der Waals surface area contributed by atoms with Crippen molar-refractivity contribution in [3.63, 3.8) is 0 Å². The number of pyridine rings is 1. The molecule has 2 aromatic heterocycles. The molecule has 0 unspecified atom stereocenters. The number of nitrogens with zero attached hydrogens (tertiary/aromatic N) is 5. The molecule has 3 rings (SSSR count). The van der Waals surface area contributed by atoms with Gasteiger partial charge in [-0.2, -0.15) is 0 Å². The van der Waals surface area contributed by atoms with E-state index in [2.05, 4.69) is 32.0 Å². The fourth-order valence-electron chi connectivity index (χ4n) is 2.42. The van der Waals surface area contributed by atoms with Gasteiger partial charge < -0.3 is 14.5 Å². The van der Waals surface area contributed by atoms with Crippen molar-refractivity contribution in [1.82, 2.24) is 20.1 Å². The Morgan fingerprint density at radius 2 is 1.86 bits per heavy atom. The Hall–Kier alpha value is -2.21. The molecule has 0 saturated carbocycles. The van der Waals surface area contributed by atoms with Gasteiger partial charge in [0, 0.05) is 32.4 Å². The van der Waals surface area contributed by atoms with Gasteiger partial charge in [-0.05, 0) is 31.3 Å². The van der Waals surface area contributed by atoms with Crippen molar-refractivity contribution < 1.29 is 4.74 Å². The minimum absolute atomic E-state index is 0.569. The number of methoxy groups -OCH3 is 1. The van der Waals surface area contributed by atoms with E-state index in [0.29, 0.717) is 5.88 Å². The lowest BCUT2D eigenvalue weighted by Crippen LogP contribution is -2.44. The van der Waals surface area contributed by atoms with E-state index >= 15 is 0 Å². The third-order valence-electron chi connectivity index (χ3n) is 3.72. The van der Waals surface area contributed by atoms with E-state index in [4.69, 9.17) is 4.74 Å². The van der Waals surface area contributed by atoms with Crippen LogP contribution in [0.5, 0.6) is 5.88 Å². The number of rotatable bonds is 3. The SMILES string of the molecule is COc1ncccc1-c1ccc(N2CCN(C)CC2)nn1. The molecule has 0 radical (unpaired) electrons. The first kappa shape index (κ1) is 13.8. The van der Waals surface area contributed by atoms with Crippen LogP contribution in [0.2, 0.25) is 0 Å². The highest BCUT2D eigenvalue weighted by Gasteiger charge is 2.16. The molecule has 2 aromatic rings. The summed E-state index contributed by atoms with van der Waals surface area (Å²) in [4.78, 5) is 8.77. The van der Waals surface area contributed by atoms with E-state index < -0.39 is 0 Å². The Balaban J connectivity index is 1.81. The first-order chi connectivity index (χ1) is 10.3. The molecule has 1 aliphatic heterocycles. The van der Waals surface area contributed by atoms with E-state index in [0.717, 1.165) is 43.3 Å². The molecule has 110 valence electrons. The van der Waals surface area contributed by atoms with E-state index in [1.807, 2.05) is 24.3 Å². The summed E-state index contributed by atoms with van der Waals surface area (Å²) in [7, 11) is 3.75. The quantitative estimate of drug-likeness (QED) is 0.847. The van der Waals surface area contributed by atoms with Gasteiger partial charge in [-0.3, -0.25) is 0 Å². The van der Waals surface area contributed by atoms with Crippen molar-refractivity contribution in [2.45, 2.75) is 0 Å². The van der Waals surface area contributed by atoms with Gasteiger partial charge in [0.1, 0.15) is 0 Å².